The SMILES string of the molecule is C1=Cc2ccccc2OC1.[CaH2].[Mn].[Mo].[SiH4]. The topological polar surface area (TPSA) is 9.23 Å². The summed E-state index contributed by atoms with van der Waals surface area (Å²) >= 11 is 0. The minimum Gasteiger partial charge on any atom is -0.0149 e. The van der Waals surface area contributed by atoms with Gasteiger partial charge in [-0.3, -0.25) is 0 Å². The van der Waals surface area contributed by atoms with Crippen LogP contribution in [-0.2, 0) is 38.1 Å². The molecule has 2 rings (SSSR count). The third-order valence-corrected chi connectivity index (χ3v) is 1.55. The van der Waals surface area contributed by atoms with Gasteiger partial charge in [0, 0.05) is 43.7 Å². The molecule has 5 heteroatoms. The third kappa shape index (κ3) is 5.51. The Labute approximate surface area is 144 Å². The van der Waals surface area contributed by atoms with E-state index in [1.54, 1.807) is 0 Å². The molecular weight excluding hydrogens is 343 g/mol. The molecule has 0 aromatic heterocycles. The first-order chi connectivity index (χ1) is 4.97. The number of rotatable bonds is 0. The van der Waals surface area contributed by atoms with Crippen molar-refractivity contribution in [2.24, 2.45) is 0 Å². The van der Waals surface area contributed by atoms with Crippen LogP contribution in [0, 0.1) is 0 Å². The summed E-state index contributed by atoms with van der Waals surface area (Å²) < 4.78 is 5.34. The van der Waals surface area contributed by atoms with E-state index in [-0.39, 0.29) is 86.8 Å². The van der Waals surface area contributed by atoms with Crippen LogP contribution in [0.5, 0.6) is 5.75 Å². The zero-order valence-electron chi connectivity index (χ0n) is 6.37. The van der Waals surface area contributed by atoms with Gasteiger partial charge in [-0.25, -0.2) is 0 Å². The monoisotopic (exact) mass is 359 g/mol. The van der Waals surface area contributed by atoms with Crippen molar-refractivity contribution in [1.29, 1.82) is 0 Å². The molecular formula is C9H14CaMnMoOSi. The normalized spacial score (nSPS) is 10.0. The number of ether oxygens (including phenoxy) is 1. The Morgan fingerprint density at radius 1 is 1.14 bits per heavy atom. The average Bonchev–Trinajstić information content (AvgIpc) is 2.05. The van der Waals surface area contributed by atoms with Crippen LogP contribution in [0.25, 0.3) is 6.08 Å². The maximum absolute atomic E-state index is 5.34. The molecule has 0 N–H and O–H groups in total. The number of benzene rings is 1. The molecule has 1 aromatic rings. The van der Waals surface area contributed by atoms with Gasteiger partial charge in [0.1, 0.15) is 12.4 Å². The van der Waals surface area contributed by atoms with E-state index >= 15 is 0 Å². The minimum absolute atomic E-state index is 0. The summed E-state index contributed by atoms with van der Waals surface area (Å²) in [5, 5.41) is 0. The smallest absolute Gasteiger partial charge is 0 e. The largest absolute Gasteiger partial charge is 0.0149 e. The maximum Gasteiger partial charge on any atom is 0 e. The number of fused-ring (bicyclic) bond motifs is 1. The fourth-order valence-corrected chi connectivity index (χ4v) is 1.06. The summed E-state index contributed by atoms with van der Waals surface area (Å²) in [5.74, 6) is 0.991. The van der Waals surface area contributed by atoms with Gasteiger partial charge in [-0.15, -0.1) is 0 Å². The number of hydrogen-bond acceptors (Lipinski definition) is 1. The second-order valence-electron chi connectivity index (χ2n) is 2.25. The molecule has 0 unspecified atom stereocenters. The molecule has 0 spiro atoms. The van der Waals surface area contributed by atoms with Crippen molar-refractivity contribution in [3.8, 4) is 5.75 Å². The van der Waals surface area contributed by atoms with Gasteiger partial charge in [-0.1, -0.05) is 24.3 Å². The quantitative estimate of drug-likeness (QED) is 0.581. The van der Waals surface area contributed by atoms with Crippen LogP contribution in [0.3, 0.4) is 0 Å². The van der Waals surface area contributed by atoms with Crippen LogP contribution in [0.2, 0.25) is 0 Å². The predicted molar refractivity (Wildman–Crippen MR) is 60.8 cm³/mol. The van der Waals surface area contributed by atoms with Crippen molar-refractivity contribution in [3.05, 3.63) is 35.9 Å². The van der Waals surface area contributed by atoms with E-state index in [0.717, 1.165) is 5.75 Å². The Morgan fingerprint density at radius 2 is 1.79 bits per heavy atom. The van der Waals surface area contributed by atoms with Gasteiger partial charge >= 0.3 is 37.7 Å². The van der Waals surface area contributed by atoms with E-state index in [0.29, 0.717) is 6.61 Å². The predicted octanol–water partition coefficient (Wildman–Crippen LogP) is -0.281. The van der Waals surface area contributed by atoms with Crippen LogP contribution in [0.4, 0.5) is 0 Å². The van der Waals surface area contributed by atoms with E-state index in [1.165, 1.54) is 5.56 Å². The molecule has 1 heterocycles. The Kier molecular flexibility index (Phi) is 16.3. The first-order valence-electron chi connectivity index (χ1n) is 3.35. The molecule has 0 amide bonds. The molecule has 0 fully saturated rings. The third-order valence-electron chi connectivity index (χ3n) is 1.55. The standard InChI is InChI=1S/C9H8O.Ca.Mn.Mo.H4Si.2H/c1-2-6-9-8(4-1)5-3-7-10-9;;;;;;/h1-6H,7H2;;;;1H4;;. The summed E-state index contributed by atoms with van der Waals surface area (Å²) in [6.45, 7) is 0.705. The van der Waals surface area contributed by atoms with Crippen molar-refractivity contribution in [2.75, 3.05) is 6.61 Å². The van der Waals surface area contributed by atoms with Crippen molar-refractivity contribution < 1.29 is 42.9 Å². The fourth-order valence-electron chi connectivity index (χ4n) is 1.06. The Morgan fingerprint density at radius 3 is 2.43 bits per heavy atom. The second-order valence-corrected chi connectivity index (χ2v) is 2.25. The van der Waals surface area contributed by atoms with Gasteiger partial charge < -0.3 is 4.74 Å². The molecule has 14 heavy (non-hydrogen) atoms. The molecule has 0 saturated heterocycles. The molecule has 75 valence electrons. The summed E-state index contributed by atoms with van der Waals surface area (Å²) in [6, 6.07) is 8.03. The summed E-state index contributed by atoms with van der Waals surface area (Å²) in [7, 11) is 0. The molecule has 0 bridgehead atoms. The van der Waals surface area contributed by atoms with Crippen LogP contribution >= 0.6 is 0 Å². The molecule has 0 aliphatic carbocycles. The zero-order valence-corrected chi connectivity index (χ0v) is 9.55. The molecule has 1 aromatic carbocycles. The fraction of sp³-hybridized carbons (Fsp3) is 0.111. The molecule has 0 saturated carbocycles. The zero-order chi connectivity index (χ0) is 6.81. The molecule has 0 atom stereocenters. The van der Waals surface area contributed by atoms with Gasteiger partial charge in [0.15, 0.2) is 0 Å². The molecule has 1 aliphatic heterocycles. The van der Waals surface area contributed by atoms with Gasteiger partial charge in [0.2, 0.25) is 0 Å². The van der Waals surface area contributed by atoms with Gasteiger partial charge in [0.25, 0.3) is 0 Å². The van der Waals surface area contributed by atoms with Gasteiger partial charge in [-0.05, 0) is 23.1 Å². The van der Waals surface area contributed by atoms with E-state index in [4.69, 9.17) is 4.74 Å². The van der Waals surface area contributed by atoms with E-state index in [1.807, 2.05) is 30.3 Å². The second kappa shape index (κ2) is 10.9. The van der Waals surface area contributed by atoms with E-state index < -0.39 is 0 Å². The van der Waals surface area contributed by atoms with Crippen molar-refractivity contribution in [2.45, 2.75) is 0 Å². The minimum atomic E-state index is 0. The van der Waals surface area contributed by atoms with Crippen LogP contribution in [0.15, 0.2) is 30.3 Å². The van der Waals surface area contributed by atoms with Crippen LogP contribution in [-0.4, -0.2) is 55.3 Å². The van der Waals surface area contributed by atoms with Crippen molar-refractivity contribution in [1.82, 2.24) is 0 Å². The van der Waals surface area contributed by atoms with Crippen molar-refractivity contribution in [3.63, 3.8) is 0 Å². The van der Waals surface area contributed by atoms with Gasteiger partial charge in [-0.2, -0.15) is 0 Å². The first-order valence-corrected chi connectivity index (χ1v) is 3.35. The number of hydrogen-bond donors (Lipinski definition) is 0. The molecule has 1 aliphatic rings. The molecule has 1 nitrogen and oxygen atoms in total. The summed E-state index contributed by atoms with van der Waals surface area (Å²) in [6.07, 6.45) is 4.10. The van der Waals surface area contributed by atoms with Crippen LogP contribution in [0.1, 0.15) is 5.56 Å². The summed E-state index contributed by atoms with van der Waals surface area (Å²) in [4.78, 5) is 0. The Balaban J connectivity index is -0.000000302. The first kappa shape index (κ1) is 20.8. The Hall–Kier alpha value is 1.44. The van der Waals surface area contributed by atoms with Gasteiger partial charge in [0.05, 0.1) is 0 Å². The maximum atomic E-state index is 5.34. The van der Waals surface area contributed by atoms with E-state index in [9.17, 15) is 0 Å². The Bertz CT molecular complexity index is 283. The summed E-state index contributed by atoms with van der Waals surface area (Å²) in [5.41, 5.74) is 1.17. The van der Waals surface area contributed by atoms with Crippen molar-refractivity contribution >= 4 is 54.8 Å². The number of para-hydroxylation sites is 1. The average molecular weight is 357 g/mol. The van der Waals surface area contributed by atoms with Crippen LogP contribution < -0.4 is 4.74 Å². The molecule has 1 radical (unpaired) electrons. The van der Waals surface area contributed by atoms with E-state index in [2.05, 4.69) is 6.08 Å².